The molecule has 126 valence electrons. The second-order valence-corrected chi connectivity index (χ2v) is 8.10. The quantitative estimate of drug-likeness (QED) is 0.801. The van der Waals surface area contributed by atoms with Gasteiger partial charge in [-0.1, -0.05) is 6.07 Å². The fourth-order valence-corrected chi connectivity index (χ4v) is 5.18. The molecule has 0 aliphatic carbocycles. The van der Waals surface area contributed by atoms with Crippen LogP contribution >= 0.6 is 27.3 Å². The summed E-state index contributed by atoms with van der Waals surface area (Å²) in [5.74, 6) is 0.791. The number of anilines is 1. The molecule has 1 amide bonds. The molecule has 0 unspecified atom stereocenters. The van der Waals surface area contributed by atoms with Gasteiger partial charge in [0.1, 0.15) is 16.9 Å². The Labute approximate surface area is 153 Å². The van der Waals surface area contributed by atoms with E-state index in [4.69, 9.17) is 4.74 Å². The highest BCUT2D eigenvalue weighted by Gasteiger charge is 2.32. The lowest BCUT2D eigenvalue weighted by Gasteiger charge is -2.27. The number of hydrogen-bond acceptors (Lipinski definition) is 5. The van der Waals surface area contributed by atoms with Gasteiger partial charge >= 0.3 is 0 Å². The van der Waals surface area contributed by atoms with Gasteiger partial charge in [-0.25, -0.2) is 0 Å². The summed E-state index contributed by atoms with van der Waals surface area (Å²) in [6.45, 7) is 1.92. The molecule has 2 N–H and O–H groups in total. The summed E-state index contributed by atoms with van der Waals surface area (Å²) in [7, 11) is 3.76. The number of ether oxygens (including phenoxy) is 1. The molecule has 0 radical (unpaired) electrons. The highest BCUT2D eigenvalue weighted by atomic mass is 79.9. The molecule has 1 aromatic heterocycles. The van der Waals surface area contributed by atoms with Crippen LogP contribution in [-0.2, 0) is 13.0 Å². The minimum atomic E-state index is -0.231. The summed E-state index contributed by atoms with van der Waals surface area (Å²) >= 11 is 5.21. The van der Waals surface area contributed by atoms with Crippen molar-refractivity contribution < 1.29 is 9.53 Å². The maximum atomic E-state index is 12.7. The lowest BCUT2D eigenvalue weighted by Crippen LogP contribution is -2.38. The van der Waals surface area contributed by atoms with Crippen molar-refractivity contribution >= 4 is 38.2 Å². The predicted molar refractivity (Wildman–Crippen MR) is 98.9 cm³/mol. The van der Waals surface area contributed by atoms with E-state index in [2.05, 4.69) is 38.5 Å². The average molecular weight is 408 g/mol. The number of fused-ring (bicyclic) bond motifs is 3. The fourth-order valence-electron chi connectivity index (χ4n) is 3.27. The van der Waals surface area contributed by atoms with Crippen molar-refractivity contribution in [3.05, 3.63) is 44.2 Å². The number of nitrogens with one attached hydrogen (secondary N) is 2. The molecule has 5 nitrogen and oxygen atoms in total. The third-order valence-electron chi connectivity index (χ3n) is 4.53. The van der Waals surface area contributed by atoms with Crippen molar-refractivity contribution in [3.63, 3.8) is 0 Å². The average Bonchev–Trinajstić information content (AvgIpc) is 2.92. The molecular weight excluding hydrogens is 390 g/mol. The fraction of sp³-hybridized carbons (Fsp3) is 0.353. The van der Waals surface area contributed by atoms with Crippen molar-refractivity contribution in [1.82, 2.24) is 10.2 Å². The molecule has 0 fully saturated rings. The first-order chi connectivity index (χ1) is 11.6. The third kappa shape index (κ3) is 2.60. The van der Waals surface area contributed by atoms with Crippen LogP contribution in [0.2, 0.25) is 0 Å². The number of likely N-dealkylation sites (N-methyl/N-ethyl adjacent to an activating group) is 1. The number of amides is 1. The molecule has 2 aliphatic rings. The number of methoxy groups -OCH3 is 1. The molecule has 24 heavy (non-hydrogen) atoms. The Kier molecular flexibility index (Phi) is 4.02. The van der Waals surface area contributed by atoms with Gasteiger partial charge in [0.25, 0.3) is 5.91 Å². The van der Waals surface area contributed by atoms with Gasteiger partial charge in [-0.3, -0.25) is 4.79 Å². The molecule has 3 heterocycles. The van der Waals surface area contributed by atoms with Crippen LogP contribution in [-0.4, -0.2) is 31.5 Å². The van der Waals surface area contributed by atoms with Gasteiger partial charge < -0.3 is 20.3 Å². The molecule has 0 saturated carbocycles. The van der Waals surface area contributed by atoms with E-state index in [9.17, 15) is 4.79 Å². The van der Waals surface area contributed by atoms with Gasteiger partial charge in [-0.2, -0.15) is 0 Å². The van der Waals surface area contributed by atoms with E-state index in [-0.39, 0.29) is 12.1 Å². The maximum absolute atomic E-state index is 12.7. The topological polar surface area (TPSA) is 53.6 Å². The zero-order valence-electron chi connectivity index (χ0n) is 13.5. The second-order valence-electron chi connectivity index (χ2n) is 6.14. The Morgan fingerprint density at radius 1 is 1.38 bits per heavy atom. The molecule has 7 heteroatoms. The van der Waals surface area contributed by atoms with Crippen molar-refractivity contribution in [2.24, 2.45) is 0 Å². The minimum Gasteiger partial charge on any atom is -0.496 e. The van der Waals surface area contributed by atoms with Gasteiger partial charge in [0.15, 0.2) is 0 Å². The Bertz CT molecular complexity index is 820. The molecule has 2 aliphatic heterocycles. The van der Waals surface area contributed by atoms with Crippen LogP contribution in [0.15, 0.2) is 22.7 Å². The number of carbonyl (C=O) groups excluding carboxylic acids is 1. The minimum absolute atomic E-state index is 0.0164. The van der Waals surface area contributed by atoms with E-state index in [0.29, 0.717) is 0 Å². The van der Waals surface area contributed by atoms with Crippen LogP contribution in [0.3, 0.4) is 0 Å². The summed E-state index contributed by atoms with van der Waals surface area (Å²) in [5.41, 5.74) is 3.05. The highest BCUT2D eigenvalue weighted by molar-refractivity contribution is 9.10. The molecule has 0 spiro atoms. The smallest absolute Gasteiger partial charge is 0.256 e. The largest absolute Gasteiger partial charge is 0.496 e. The van der Waals surface area contributed by atoms with Crippen molar-refractivity contribution in [2.45, 2.75) is 19.1 Å². The monoisotopic (exact) mass is 407 g/mol. The number of thiophene rings is 1. The van der Waals surface area contributed by atoms with E-state index in [1.165, 1.54) is 10.4 Å². The number of halogens is 1. The molecule has 1 atom stereocenters. The summed E-state index contributed by atoms with van der Waals surface area (Å²) < 4.78 is 6.14. The van der Waals surface area contributed by atoms with E-state index in [1.807, 2.05) is 18.2 Å². The first-order valence-corrected chi connectivity index (χ1v) is 9.41. The van der Waals surface area contributed by atoms with E-state index < -0.39 is 0 Å². The van der Waals surface area contributed by atoms with Gasteiger partial charge in [-0.05, 0) is 52.7 Å². The first kappa shape index (κ1) is 15.9. The highest BCUT2D eigenvalue weighted by Crippen LogP contribution is 2.41. The van der Waals surface area contributed by atoms with Crippen LogP contribution in [0.4, 0.5) is 5.00 Å². The van der Waals surface area contributed by atoms with E-state index >= 15 is 0 Å². The summed E-state index contributed by atoms with van der Waals surface area (Å²) in [5, 5.41) is 7.55. The lowest BCUT2D eigenvalue weighted by molar-refractivity contribution is 0.0935. The van der Waals surface area contributed by atoms with Crippen LogP contribution in [0.5, 0.6) is 5.75 Å². The lowest BCUT2D eigenvalue weighted by atomic mass is 10.0. The van der Waals surface area contributed by atoms with Gasteiger partial charge in [0, 0.05) is 18.0 Å². The third-order valence-corrected chi connectivity index (χ3v) is 6.30. The summed E-state index contributed by atoms with van der Waals surface area (Å²) in [6, 6.07) is 5.84. The zero-order chi connectivity index (χ0) is 16.8. The first-order valence-electron chi connectivity index (χ1n) is 7.80. The Balaban J connectivity index is 1.67. The van der Waals surface area contributed by atoms with Gasteiger partial charge in [0.05, 0.1) is 17.1 Å². The van der Waals surface area contributed by atoms with Crippen LogP contribution in [0.1, 0.15) is 32.5 Å². The molecular formula is C17H18BrN3O2S. The Hall–Kier alpha value is -1.57. The SMILES string of the molecule is COc1ccc([C@H]2NC(=O)c3c(sc4c3CCN(C)C4)N2)cc1Br. The van der Waals surface area contributed by atoms with Crippen molar-refractivity contribution in [2.75, 3.05) is 26.0 Å². The van der Waals surface area contributed by atoms with Crippen LogP contribution < -0.4 is 15.4 Å². The molecule has 4 rings (SSSR count). The number of rotatable bonds is 2. The summed E-state index contributed by atoms with van der Waals surface area (Å²) in [6.07, 6.45) is 0.705. The molecule has 2 aromatic rings. The zero-order valence-corrected chi connectivity index (χ0v) is 15.9. The van der Waals surface area contributed by atoms with Gasteiger partial charge in [-0.15, -0.1) is 11.3 Å². The van der Waals surface area contributed by atoms with Crippen LogP contribution in [0.25, 0.3) is 0 Å². The molecule has 0 saturated heterocycles. The summed E-state index contributed by atoms with van der Waals surface area (Å²) in [4.78, 5) is 16.3. The standard InChI is InChI=1S/C17H18BrN3O2S/c1-21-6-5-10-13(8-21)24-17-14(10)16(22)19-15(20-17)9-3-4-12(23-2)11(18)7-9/h3-4,7,15,20H,5-6,8H2,1-2H3,(H,19,22)/t15-/m0/s1. The second kappa shape index (κ2) is 6.06. The number of benzene rings is 1. The van der Waals surface area contributed by atoms with Crippen molar-refractivity contribution in [3.8, 4) is 5.75 Å². The van der Waals surface area contributed by atoms with E-state index in [1.54, 1.807) is 18.4 Å². The van der Waals surface area contributed by atoms with E-state index in [0.717, 1.165) is 45.9 Å². The Morgan fingerprint density at radius 3 is 2.96 bits per heavy atom. The van der Waals surface area contributed by atoms with Gasteiger partial charge in [0.2, 0.25) is 0 Å². The number of nitrogens with zero attached hydrogens (tertiary/aromatic N) is 1. The molecule has 0 bridgehead atoms. The normalized spacial score (nSPS) is 20.0. The Morgan fingerprint density at radius 2 is 2.21 bits per heavy atom. The maximum Gasteiger partial charge on any atom is 0.256 e. The van der Waals surface area contributed by atoms with Crippen LogP contribution in [0, 0.1) is 0 Å². The molecule has 1 aromatic carbocycles. The number of carbonyl (C=O) groups is 1. The van der Waals surface area contributed by atoms with Crippen molar-refractivity contribution in [1.29, 1.82) is 0 Å². The predicted octanol–water partition coefficient (Wildman–Crippen LogP) is 3.36. The number of hydrogen-bond donors (Lipinski definition) is 2.